The van der Waals surface area contributed by atoms with E-state index in [1.54, 1.807) is 7.11 Å². The summed E-state index contributed by atoms with van der Waals surface area (Å²) in [4.78, 5) is 0. The van der Waals surface area contributed by atoms with Crippen LogP contribution in [0.1, 0.15) is 32.3 Å². The number of hydrogen-bond acceptors (Lipinski definition) is 2. The molecule has 0 saturated carbocycles. The van der Waals surface area contributed by atoms with Crippen molar-refractivity contribution in [1.29, 1.82) is 0 Å². The molecule has 0 fully saturated rings. The third-order valence-electron chi connectivity index (χ3n) is 3.09. The Balaban J connectivity index is 2.49. The standard InChI is InChI=1S/C14H20F2O2/c1-14(2,18-3)7-6-11(17)8-10-4-5-12(15)13(16)9-10/h4-5,9,11,17H,6-8H2,1-3H3. The highest BCUT2D eigenvalue weighted by Crippen LogP contribution is 2.19. The van der Waals surface area contributed by atoms with Gasteiger partial charge in [0.1, 0.15) is 0 Å². The molecule has 2 nitrogen and oxygen atoms in total. The van der Waals surface area contributed by atoms with Crippen molar-refractivity contribution in [3.8, 4) is 0 Å². The predicted octanol–water partition coefficient (Wildman–Crippen LogP) is 3.07. The van der Waals surface area contributed by atoms with Crippen LogP contribution >= 0.6 is 0 Å². The molecule has 1 unspecified atom stereocenters. The molecule has 0 saturated heterocycles. The number of halogens is 2. The van der Waals surface area contributed by atoms with E-state index in [2.05, 4.69) is 0 Å². The fourth-order valence-corrected chi connectivity index (χ4v) is 1.66. The minimum atomic E-state index is -0.878. The third kappa shape index (κ3) is 4.70. The average molecular weight is 258 g/mol. The molecule has 0 aliphatic heterocycles. The fraction of sp³-hybridized carbons (Fsp3) is 0.571. The molecule has 1 N–H and O–H groups in total. The van der Waals surface area contributed by atoms with Crippen LogP contribution < -0.4 is 0 Å². The van der Waals surface area contributed by atoms with Crippen LogP contribution in [-0.2, 0) is 11.2 Å². The largest absolute Gasteiger partial charge is 0.393 e. The molecule has 0 aromatic heterocycles. The fourth-order valence-electron chi connectivity index (χ4n) is 1.66. The molecule has 0 aliphatic carbocycles. The SMILES string of the molecule is COC(C)(C)CCC(O)Cc1ccc(F)c(F)c1. The van der Waals surface area contributed by atoms with Crippen LogP contribution in [0.4, 0.5) is 8.78 Å². The molecular weight excluding hydrogens is 238 g/mol. The van der Waals surface area contributed by atoms with Crippen LogP contribution in [0.2, 0.25) is 0 Å². The van der Waals surface area contributed by atoms with Gasteiger partial charge in [-0.15, -0.1) is 0 Å². The van der Waals surface area contributed by atoms with Gasteiger partial charge in [-0.3, -0.25) is 0 Å². The van der Waals surface area contributed by atoms with Crippen molar-refractivity contribution in [2.75, 3.05) is 7.11 Å². The number of aliphatic hydroxyl groups excluding tert-OH is 1. The van der Waals surface area contributed by atoms with E-state index in [1.807, 2.05) is 13.8 Å². The molecule has 0 radical (unpaired) electrons. The second kappa shape index (κ2) is 6.25. The van der Waals surface area contributed by atoms with Crippen molar-refractivity contribution in [1.82, 2.24) is 0 Å². The summed E-state index contributed by atoms with van der Waals surface area (Å²) >= 11 is 0. The number of methoxy groups -OCH3 is 1. The first-order valence-electron chi connectivity index (χ1n) is 6.01. The Labute approximate surface area is 107 Å². The van der Waals surface area contributed by atoms with Gasteiger partial charge in [0.2, 0.25) is 0 Å². The Bertz CT molecular complexity index is 391. The molecule has 1 rings (SSSR count). The van der Waals surface area contributed by atoms with E-state index in [1.165, 1.54) is 6.07 Å². The number of rotatable bonds is 6. The van der Waals surface area contributed by atoms with Gasteiger partial charge in [0.05, 0.1) is 11.7 Å². The Morgan fingerprint density at radius 1 is 1.28 bits per heavy atom. The lowest BCUT2D eigenvalue weighted by atomic mass is 9.97. The predicted molar refractivity (Wildman–Crippen MR) is 66.4 cm³/mol. The summed E-state index contributed by atoms with van der Waals surface area (Å²) in [6.07, 6.45) is 0.995. The van der Waals surface area contributed by atoms with Crippen molar-refractivity contribution in [2.24, 2.45) is 0 Å². The lowest BCUT2D eigenvalue weighted by Gasteiger charge is -2.24. The molecule has 0 heterocycles. The number of hydrogen-bond donors (Lipinski definition) is 1. The van der Waals surface area contributed by atoms with E-state index in [0.717, 1.165) is 12.1 Å². The van der Waals surface area contributed by atoms with Gasteiger partial charge in [0.15, 0.2) is 11.6 Å². The highest BCUT2D eigenvalue weighted by atomic mass is 19.2. The maximum atomic E-state index is 13.0. The molecule has 0 spiro atoms. The third-order valence-corrected chi connectivity index (χ3v) is 3.09. The average Bonchev–Trinajstić information content (AvgIpc) is 2.32. The maximum Gasteiger partial charge on any atom is 0.159 e. The lowest BCUT2D eigenvalue weighted by molar-refractivity contribution is 0.00306. The lowest BCUT2D eigenvalue weighted by Crippen LogP contribution is -2.25. The summed E-state index contributed by atoms with van der Waals surface area (Å²) < 4.78 is 31.0. The Morgan fingerprint density at radius 2 is 1.94 bits per heavy atom. The normalized spacial score (nSPS) is 13.7. The summed E-state index contributed by atoms with van der Waals surface area (Å²) in [7, 11) is 1.63. The highest BCUT2D eigenvalue weighted by molar-refractivity contribution is 5.18. The minimum Gasteiger partial charge on any atom is -0.393 e. The van der Waals surface area contributed by atoms with E-state index >= 15 is 0 Å². The van der Waals surface area contributed by atoms with Gasteiger partial charge in [0.25, 0.3) is 0 Å². The smallest absolute Gasteiger partial charge is 0.159 e. The van der Waals surface area contributed by atoms with Crippen LogP contribution in [0.15, 0.2) is 18.2 Å². The Morgan fingerprint density at radius 3 is 2.50 bits per heavy atom. The second-order valence-corrected chi connectivity index (χ2v) is 5.11. The monoisotopic (exact) mass is 258 g/mol. The van der Waals surface area contributed by atoms with Gasteiger partial charge in [0, 0.05) is 7.11 Å². The highest BCUT2D eigenvalue weighted by Gasteiger charge is 2.18. The van der Waals surface area contributed by atoms with E-state index in [-0.39, 0.29) is 5.60 Å². The number of ether oxygens (including phenoxy) is 1. The van der Waals surface area contributed by atoms with E-state index in [9.17, 15) is 13.9 Å². The van der Waals surface area contributed by atoms with Crippen molar-refractivity contribution < 1.29 is 18.6 Å². The van der Waals surface area contributed by atoms with Gasteiger partial charge in [-0.05, 0) is 50.8 Å². The summed E-state index contributed by atoms with van der Waals surface area (Å²) in [6.45, 7) is 3.88. The van der Waals surface area contributed by atoms with Crippen LogP contribution in [0.25, 0.3) is 0 Å². The molecule has 0 bridgehead atoms. The molecule has 18 heavy (non-hydrogen) atoms. The molecular formula is C14H20F2O2. The van der Waals surface area contributed by atoms with Crippen LogP contribution in [-0.4, -0.2) is 23.9 Å². The van der Waals surface area contributed by atoms with Gasteiger partial charge in [-0.25, -0.2) is 8.78 Å². The van der Waals surface area contributed by atoms with Crippen molar-refractivity contribution in [3.05, 3.63) is 35.4 Å². The van der Waals surface area contributed by atoms with Crippen LogP contribution in [0, 0.1) is 11.6 Å². The zero-order valence-electron chi connectivity index (χ0n) is 11.0. The first-order valence-corrected chi connectivity index (χ1v) is 6.01. The number of aliphatic hydroxyl groups is 1. The zero-order chi connectivity index (χ0) is 13.8. The van der Waals surface area contributed by atoms with Gasteiger partial charge in [-0.1, -0.05) is 6.07 Å². The minimum absolute atomic E-state index is 0.283. The summed E-state index contributed by atoms with van der Waals surface area (Å²) in [6, 6.07) is 3.69. The van der Waals surface area contributed by atoms with Gasteiger partial charge < -0.3 is 9.84 Å². The second-order valence-electron chi connectivity index (χ2n) is 5.11. The number of benzene rings is 1. The Kier molecular flexibility index (Phi) is 5.23. The van der Waals surface area contributed by atoms with Crippen LogP contribution in [0.3, 0.4) is 0 Å². The maximum absolute atomic E-state index is 13.0. The zero-order valence-corrected chi connectivity index (χ0v) is 11.0. The van der Waals surface area contributed by atoms with Crippen molar-refractivity contribution in [3.63, 3.8) is 0 Å². The molecule has 1 aromatic rings. The summed E-state index contributed by atoms with van der Waals surface area (Å²) in [5, 5.41) is 9.85. The molecule has 0 aliphatic rings. The van der Waals surface area contributed by atoms with Crippen LogP contribution in [0.5, 0.6) is 0 Å². The Hall–Kier alpha value is -1.00. The topological polar surface area (TPSA) is 29.5 Å². The van der Waals surface area contributed by atoms with Gasteiger partial charge in [-0.2, -0.15) is 0 Å². The molecule has 0 amide bonds. The summed E-state index contributed by atoms with van der Waals surface area (Å²) in [5.41, 5.74) is 0.311. The quantitative estimate of drug-likeness (QED) is 0.849. The van der Waals surface area contributed by atoms with E-state index in [4.69, 9.17) is 4.74 Å². The van der Waals surface area contributed by atoms with Crippen molar-refractivity contribution >= 4 is 0 Å². The van der Waals surface area contributed by atoms with Crippen molar-refractivity contribution in [2.45, 2.75) is 44.8 Å². The molecule has 1 atom stereocenters. The van der Waals surface area contributed by atoms with E-state index in [0.29, 0.717) is 24.8 Å². The molecule has 1 aromatic carbocycles. The first kappa shape index (κ1) is 15.1. The van der Waals surface area contributed by atoms with E-state index < -0.39 is 17.7 Å². The molecule has 4 heteroatoms. The van der Waals surface area contributed by atoms with Gasteiger partial charge >= 0.3 is 0 Å². The first-order chi connectivity index (χ1) is 8.34. The molecule has 102 valence electrons. The summed E-state index contributed by atoms with van der Waals surface area (Å²) in [5.74, 6) is -1.74.